The summed E-state index contributed by atoms with van der Waals surface area (Å²) in [5.41, 5.74) is 1.76. The number of pyridine rings is 1. The van der Waals surface area contributed by atoms with E-state index in [1.807, 2.05) is 6.07 Å². The average molecular weight is 286 g/mol. The minimum absolute atomic E-state index is 0.567. The number of alkyl halides is 1. The minimum Gasteiger partial charge on any atom is -0.312 e. The third kappa shape index (κ3) is 2.78. The van der Waals surface area contributed by atoms with Gasteiger partial charge < -0.3 is 4.57 Å². The second kappa shape index (κ2) is 5.89. The SMILES string of the molecule is CCC(C)Cn1c(CCCl)nc2cc(Cl)cnc21. The van der Waals surface area contributed by atoms with Crippen LogP contribution in [-0.2, 0) is 13.0 Å². The van der Waals surface area contributed by atoms with E-state index >= 15 is 0 Å². The smallest absolute Gasteiger partial charge is 0.160 e. The lowest BCUT2D eigenvalue weighted by molar-refractivity contribution is 0.465. The van der Waals surface area contributed by atoms with Crippen molar-refractivity contribution in [1.29, 1.82) is 0 Å². The first-order valence-corrected chi connectivity index (χ1v) is 7.13. The summed E-state index contributed by atoms with van der Waals surface area (Å²) in [6, 6.07) is 1.86. The molecule has 2 rings (SSSR count). The molecule has 0 aliphatic heterocycles. The van der Waals surface area contributed by atoms with Crippen LogP contribution in [0, 0.1) is 5.92 Å². The molecule has 18 heavy (non-hydrogen) atoms. The maximum Gasteiger partial charge on any atom is 0.160 e. The number of nitrogens with zero attached hydrogens (tertiary/aromatic N) is 3. The van der Waals surface area contributed by atoms with Crippen LogP contribution in [0.1, 0.15) is 26.1 Å². The molecule has 0 bridgehead atoms. The molecule has 0 saturated heterocycles. The Kier molecular flexibility index (Phi) is 4.46. The van der Waals surface area contributed by atoms with Gasteiger partial charge in [0.05, 0.1) is 5.02 Å². The summed E-state index contributed by atoms with van der Waals surface area (Å²) in [4.78, 5) is 8.98. The fraction of sp³-hybridized carbons (Fsp3) is 0.538. The van der Waals surface area contributed by atoms with Gasteiger partial charge >= 0.3 is 0 Å². The molecular weight excluding hydrogens is 269 g/mol. The van der Waals surface area contributed by atoms with Gasteiger partial charge in [0.1, 0.15) is 11.3 Å². The topological polar surface area (TPSA) is 30.7 Å². The highest BCUT2D eigenvalue weighted by atomic mass is 35.5. The lowest BCUT2D eigenvalue weighted by Crippen LogP contribution is -2.11. The molecule has 2 aromatic heterocycles. The highest BCUT2D eigenvalue weighted by Gasteiger charge is 2.13. The van der Waals surface area contributed by atoms with Crippen LogP contribution in [0.5, 0.6) is 0 Å². The first kappa shape index (κ1) is 13.6. The summed E-state index contributed by atoms with van der Waals surface area (Å²) in [6.45, 7) is 5.34. The minimum atomic E-state index is 0.567. The first-order chi connectivity index (χ1) is 8.65. The molecule has 2 aromatic rings. The van der Waals surface area contributed by atoms with Crippen LogP contribution in [0.4, 0.5) is 0 Å². The number of imidazole rings is 1. The lowest BCUT2D eigenvalue weighted by atomic mass is 10.1. The number of aryl methyl sites for hydroxylation is 1. The zero-order valence-electron chi connectivity index (χ0n) is 10.7. The number of fused-ring (bicyclic) bond motifs is 1. The van der Waals surface area contributed by atoms with E-state index in [9.17, 15) is 0 Å². The monoisotopic (exact) mass is 285 g/mol. The van der Waals surface area contributed by atoms with Gasteiger partial charge in [0, 0.05) is 25.0 Å². The van der Waals surface area contributed by atoms with Crippen molar-refractivity contribution in [3.8, 4) is 0 Å². The normalized spacial score (nSPS) is 13.1. The highest BCUT2D eigenvalue weighted by Crippen LogP contribution is 2.20. The Labute approximate surface area is 117 Å². The number of hydrogen-bond donors (Lipinski definition) is 0. The summed E-state index contributed by atoms with van der Waals surface area (Å²) < 4.78 is 2.17. The van der Waals surface area contributed by atoms with Crippen LogP contribution in [0.2, 0.25) is 5.02 Å². The van der Waals surface area contributed by atoms with Gasteiger partial charge in [-0.25, -0.2) is 9.97 Å². The van der Waals surface area contributed by atoms with Gasteiger partial charge in [-0.2, -0.15) is 0 Å². The number of rotatable bonds is 5. The van der Waals surface area contributed by atoms with Crippen LogP contribution in [-0.4, -0.2) is 20.4 Å². The molecule has 1 atom stereocenters. The van der Waals surface area contributed by atoms with Crippen molar-refractivity contribution >= 4 is 34.4 Å². The fourth-order valence-corrected chi connectivity index (χ4v) is 2.26. The molecule has 3 nitrogen and oxygen atoms in total. The molecule has 0 aliphatic carbocycles. The molecule has 1 unspecified atom stereocenters. The summed E-state index contributed by atoms with van der Waals surface area (Å²) in [7, 11) is 0. The first-order valence-electron chi connectivity index (χ1n) is 6.22. The molecule has 5 heteroatoms. The van der Waals surface area contributed by atoms with Gasteiger partial charge in [0.25, 0.3) is 0 Å². The fourth-order valence-electron chi connectivity index (χ4n) is 1.94. The highest BCUT2D eigenvalue weighted by molar-refractivity contribution is 6.31. The molecule has 98 valence electrons. The summed E-state index contributed by atoms with van der Waals surface area (Å²) in [6.07, 6.45) is 3.56. The molecule has 0 N–H and O–H groups in total. The molecule has 0 saturated carbocycles. The van der Waals surface area contributed by atoms with Gasteiger partial charge in [-0.15, -0.1) is 11.6 Å². The second-order valence-corrected chi connectivity index (χ2v) is 5.40. The Balaban J connectivity index is 2.48. The van der Waals surface area contributed by atoms with E-state index in [1.165, 1.54) is 0 Å². The van der Waals surface area contributed by atoms with Gasteiger partial charge in [-0.05, 0) is 12.0 Å². The van der Waals surface area contributed by atoms with E-state index < -0.39 is 0 Å². The summed E-state index contributed by atoms with van der Waals surface area (Å²) in [5.74, 6) is 2.15. The van der Waals surface area contributed by atoms with Crippen LogP contribution in [0.25, 0.3) is 11.2 Å². The predicted octanol–water partition coefficient (Wildman–Crippen LogP) is 3.91. The predicted molar refractivity (Wildman–Crippen MR) is 76.4 cm³/mol. The summed E-state index contributed by atoms with van der Waals surface area (Å²) in [5, 5.41) is 0.619. The standard InChI is InChI=1S/C13H17Cl2N3/c1-3-9(2)8-18-12(4-5-14)17-11-6-10(15)7-16-13(11)18/h6-7,9H,3-5,8H2,1-2H3. The van der Waals surface area contributed by atoms with E-state index in [-0.39, 0.29) is 0 Å². The van der Waals surface area contributed by atoms with Crippen LogP contribution < -0.4 is 0 Å². The molecule has 0 radical (unpaired) electrons. The van der Waals surface area contributed by atoms with E-state index in [0.29, 0.717) is 16.8 Å². The molecule has 0 amide bonds. The van der Waals surface area contributed by atoms with Crippen molar-refractivity contribution in [2.75, 3.05) is 5.88 Å². The molecule has 2 heterocycles. The van der Waals surface area contributed by atoms with Crippen LogP contribution in [0.15, 0.2) is 12.3 Å². The van der Waals surface area contributed by atoms with E-state index in [4.69, 9.17) is 23.2 Å². The number of hydrogen-bond acceptors (Lipinski definition) is 2. The molecule has 0 spiro atoms. The number of halogens is 2. The lowest BCUT2D eigenvalue weighted by Gasteiger charge is -2.12. The van der Waals surface area contributed by atoms with Crippen LogP contribution in [0.3, 0.4) is 0 Å². The van der Waals surface area contributed by atoms with Crippen molar-refractivity contribution in [2.45, 2.75) is 33.2 Å². The zero-order valence-corrected chi connectivity index (χ0v) is 12.2. The van der Waals surface area contributed by atoms with Crippen molar-refractivity contribution in [1.82, 2.24) is 14.5 Å². The maximum absolute atomic E-state index is 5.95. The quantitative estimate of drug-likeness (QED) is 0.780. The number of aromatic nitrogens is 3. The summed E-state index contributed by atoms with van der Waals surface area (Å²) >= 11 is 11.8. The van der Waals surface area contributed by atoms with E-state index in [0.717, 1.165) is 36.4 Å². The second-order valence-electron chi connectivity index (χ2n) is 4.59. The molecular formula is C13H17Cl2N3. The van der Waals surface area contributed by atoms with Crippen molar-refractivity contribution in [3.05, 3.63) is 23.1 Å². The Morgan fingerprint density at radius 3 is 2.89 bits per heavy atom. The van der Waals surface area contributed by atoms with Crippen LogP contribution >= 0.6 is 23.2 Å². The Morgan fingerprint density at radius 2 is 2.22 bits per heavy atom. The van der Waals surface area contributed by atoms with Gasteiger partial charge in [0.2, 0.25) is 0 Å². The van der Waals surface area contributed by atoms with Crippen molar-refractivity contribution in [2.24, 2.45) is 5.92 Å². The Hall–Kier alpha value is -0.800. The van der Waals surface area contributed by atoms with Gasteiger partial charge in [-0.3, -0.25) is 0 Å². The van der Waals surface area contributed by atoms with E-state index in [1.54, 1.807) is 6.20 Å². The zero-order chi connectivity index (χ0) is 13.1. The van der Waals surface area contributed by atoms with Gasteiger partial charge in [0.15, 0.2) is 5.65 Å². The largest absolute Gasteiger partial charge is 0.312 e. The Morgan fingerprint density at radius 1 is 1.44 bits per heavy atom. The maximum atomic E-state index is 5.95. The Bertz CT molecular complexity index is 536. The van der Waals surface area contributed by atoms with E-state index in [2.05, 4.69) is 28.4 Å². The third-order valence-electron chi connectivity index (χ3n) is 3.14. The van der Waals surface area contributed by atoms with Crippen molar-refractivity contribution < 1.29 is 0 Å². The third-order valence-corrected chi connectivity index (χ3v) is 3.54. The van der Waals surface area contributed by atoms with Crippen molar-refractivity contribution in [3.63, 3.8) is 0 Å². The molecule has 0 aliphatic rings. The molecule has 0 aromatic carbocycles. The average Bonchev–Trinajstić information content (AvgIpc) is 2.67. The molecule has 0 fully saturated rings. The van der Waals surface area contributed by atoms with Gasteiger partial charge in [-0.1, -0.05) is 31.9 Å².